The van der Waals surface area contributed by atoms with E-state index in [0.717, 1.165) is 40.0 Å². The number of hydrogen-bond acceptors (Lipinski definition) is 4. The van der Waals surface area contributed by atoms with Gasteiger partial charge in [0.25, 0.3) is 5.91 Å². The number of ether oxygens (including phenoxy) is 1. The SMILES string of the molecule is CCC(C)c1ccc2oc(-c3ccc(Cl)c(NC(=O)COc4cc(C)ccc4C(C)C)c3)nc2c1. The lowest BCUT2D eigenvalue weighted by Crippen LogP contribution is -2.21. The van der Waals surface area contributed by atoms with Crippen molar-refractivity contribution in [2.24, 2.45) is 0 Å². The fourth-order valence-corrected chi connectivity index (χ4v) is 4.10. The van der Waals surface area contributed by atoms with Gasteiger partial charge in [0.05, 0.1) is 10.7 Å². The summed E-state index contributed by atoms with van der Waals surface area (Å²) in [5.74, 6) is 1.65. The molecule has 3 aromatic carbocycles. The Labute approximate surface area is 211 Å². The van der Waals surface area contributed by atoms with Crippen molar-refractivity contribution in [1.82, 2.24) is 4.98 Å². The summed E-state index contributed by atoms with van der Waals surface area (Å²) in [6.45, 7) is 10.4. The molecule has 0 saturated heterocycles. The van der Waals surface area contributed by atoms with Crippen LogP contribution < -0.4 is 10.1 Å². The van der Waals surface area contributed by atoms with E-state index in [-0.39, 0.29) is 18.4 Å². The summed E-state index contributed by atoms with van der Waals surface area (Å²) in [6.07, 6.45) is 1.06. The van der Waals surface area contributed by atoms with Crippen LogP contribution in [0.2, 0.25) is 5.02 Å². The molecule has 0 aliphatic heterocycles. The largest absolute Gasteiger partial charge is 0.483 e. The number of carbonyl (C=O) groups excluding carboxylic acids is 1. The smallest absolute Gasteiger partial charge is 0.262 e. The number of amides is 1. The van der Waals surface area contributed by atoms with Crippen molar-refractivity contribution in [3.63, 3.8) is 0 Å². The number of nitrogens with zero attached hydrogens (tertiary/aromatic N) is 1. The molecule has 0 saturated carbocycles. The quantitative estimate of drug-likeness (QED) is 0.271. The van der Waals surface area contributed by atoms with E-state index in [2.05, 4.69) is 50.1 Å². The zero-order valence-corrected chi connectivity index (χ0v) is 21.6. The Morgan fingerprint density at radius 1 is 1.09 bits per heavy atom. The number of oxazole rings is 1. The zero-order valence-electron chi connectivity index (χ0n) is 20.8. The first kappa shape index (κ1) is 24.8. The van der Waals surface area contributed by atoms with E-state index in [1.54, 1.807) is 12.1 Å². The predicted octanol–water partition coefficient (Wildman–Crippen LogP) is 8.11. The molecule has 1 N–H and O–H groups in total. The number of aryl methyl sites for hydroxylation is 1. The van der Waals surface area contributed by atoms with E-state index in [1.165, 1.54) is 5.56 Å². The fraction of sp³-hybridized carbons (Fsp3) is 0.310. The summed E-state index contributed by atoms with van der Waals surface area (Å²) in [7, 11) is 0. The molecule has 1 unspecified atom stereocenters. The summed E-state index contributed by atoms with van der Waals surface area (Å²) in [6, 6.07) is 17.5. The third-order valence-corrected chi connectivity index (χ3v) is 6.56. The highest BCUT2D eigenvalue weighted by Gasteiger charge is 2.15. The van der Waals surface area contributed by atoms with Crippen LogP contribution in [0.5, 0.6) is 5.75 Å². The van der Waals surface area contributed by atoms with Crippen molar-refractivity contribution in [3.05, 3.63) is 76.3 Å². The Morgan fingerprint density at radius 2 is 1.89 bits per heavy atom. The first-order chi connectivity index (χ1) is 16.7. The molecule has 182 valence electrons. The summed E-state index contributed by atoms with van der Waals surface area (Å²) in [5.41, 5.74) is 6.12. The Balaban J connectivity index is 1.51. The highest BCUT2D eigenvalue weighted by atomic mass is 35.5. The van der Waals surface area contributed by atoms with Gasteiger partial charge in [-0.2, -0.15) is 0 Å². The van der Waals surface area contributed by atoms with Crippen LogP contribution in [0, 0.1) is 6.92 Å². The highest BCUT2D eigenvalue weighted by molar-refractivity contribution is 6.33. The van der Waals surface area contributed by atoms with Crippen molar-refractivity contribution < 1.29 is 13.9 Å². The lowest BCUT2D eigenvalue weighted by molar-refractivity contribution is -0.118. The molecule has 4 rings (SSSR count). The molecule has 1 aromatic heterocycles. The van der Waals surface area contributed by atoms with Crippen LogP contribution in [0.4, 0.5) is 5.69 Å². The molecule has 0 bridgehead atoms. The number of anilines is 1. The van der Waals surface area contributed by atoms with E-state index >= 15 is 0 Å². The van der Waals surface area contributed by atoms with Crippen LogP contribution in [0.1, 0.15) is 62.6 Å². The van der Waals surface area contributed by atoms with Crippen LogP contribution in [-0.2, 0) is 4.79 Å². The number of nitrogens with one attached hydrogen (secondary N) is 1. The fourth-order valence-electron chi connectivity index (χ4n) is 3.94. The summed E-state index contributed by atoms with van der Waals surface area (Å²) in [5, 5.41) is 3.28. The number of aromatic nitrogens is 1. The second-order valence-electron chi connectivity index (χ2n) is 9.28. The maximum Gasteiger partial charge on any atom is 0.262 e. The van der Waals surface area contributed by atoms with Crippen LogP contribution in [0.3, 0.4) is 0 Å². The number of hydrogen-bond donors (Lipinski definition) is 1. The molecular formula is C29H31ClN2O3. The molecule has 1 heterocycles. The lowest BCUT2D eigenvalue weighted by Gasteiger charge is -2.15. The van der Waals surface area contributed by atoms with E-state index < -0.39 is 0 Å². The Bertz CT molecular complexity index is 1360. The third kappa shape index (κ3) is 5.68. The maximum absolute atomic E-state index is 12.7. The van der Waals surface area contributed by atoms with Crippen LogP contribution >= 0.6 is 11.6 Å². The molecule has 1 atom stereocenters. The maximum atomic E-state index is 12.7. The summed E-state index contributed by atoms with van der Waals surface area (Å²) in [4.78, 5) is 17.4. The van der Waals surface area contributed by atoms with Crippen LogP contribution in [-0.4, -0.2) is 17.5 Å². The number of carbonyl (C=O) groups is 1. The summed E-state index contributed by atoms with van der Waals surface area (Å²) < 4.78 is 11.8. The number of halogens is 1. The Morgan fingerprint density at radius 3 is 2.63 bits per heavy atom. The van der Waals surface area contributed by atoms with E-state index in [1.807, 2.05) is 37.3 Å². The monoisotopic (exact) mass is 490 g/mol. The normalized spacial score (nSPS) is 12.2. The minimum absolute atomic E-state index is 0.120. The first-order valence-corrected chi connectivity index (χ1v) is 12.4. The van der Waals surface area contributed by atoms with Crippen molar-refractivity contribution in [1.29, 1.82) is 0 Å². The van der Waals surface area contributed by atoms with Gasteiger partial charge in [-0.15, -0.1) is 0 Å². The van der Waals surface area contributed by atoms with Crippen LogP contribution in [0.15, 0.2) is 59.0 Å². The third-order valence-electron chi connectivity index (χ3n) is 6.23. The van der Waals surface area contributed by atoms with Gasteiger partial charge in [0.15, 0.2) is 12.2 Å². The molecule has 0 aliphatic carbocycles. The molecule has 35 heavy (non-hydrogen) atoms. The molecule has 0 spiro atoms. The topological polar surface area (TPSA) is 64.4 Å². The van der Waals surface area contributed by atoms with Gasteiger partial charge in [-0.1, -0.05) is 57.5 Å². The van der Waals surface area contributed by atoms with E-state index in [9.17, 15) is 4.79 Å². The van der Waals surface area contributed by atoms with Gasteiger partial charge >= 0.3 is 0 Å². The van der Waals surface area contributed by atoms with Crippen molar-refractivity contribution >= 4 is 34.3 Å². The van der Waals surface area contributed by atoms with Gasteiger partial charge in [0, 0.05) is 5.56 Å². The second kappa shape index (κ2) is 10.5. The summed E-state index contributed by atoms with van der Waals surface area (Å²) >= 11 is 6.38. The molecule has 0 aliphatic rings. The Kier molecular flexibility index (Phi) is 7.46. The molecule has 0 radical (unpaired) electrons. The highest BCUT2D eigenvalue weighted by Crippen LogP contribution is 2.32. The second-order valence-corrected chi connectivity index (χ2v) is 9.69. The molecule has 1 amide bonds. The van der Waals surface area contributed by atoms with Crippen molar-refractivity contribution in [2.75, 3.05) is 11.9 Å². The molecular weight excluding hydrogens is 460 g/mol. The van der Waals surface area contributed by atoms with E-state index in [0.29, 0.717) is 22.5 Å². The average molecular weight is 491 g/mol. The van der Waals surface area contributed by atoms with Gasteiger partial charge in [-0.3, -0.25) is 4.79 Å². The minimum Gasteiger partial charge on any atom is -0.483 e. The molecule has 5 nitrogen and oxygen atoms in total. The molecule has 0 fully saturated rings. The standard InChI is InChI=1S/C29H31ClN2O3/c1-6-19(5)20-9-12-26-25(14-20)32-29(35-26)21-8-11-23(30)24(15-21)31-28(33)16-34-27-13-18(4)7-10-22(27)17(2)3/h7-15,17,19H,6,16H2,1-5H3,(H,31,33). The first-order valence-electron chi connectivity index (χ1n) is 12.0. The van der Waals surface area contributed by atoms with Gasteiger partial charge in [0.2, 0.25) is 5.89 Å². The Hall–Kier alpha value is -3.31. The minimum atomic E-state index is -0.295. The zero-order chi connectivity index (χ0) is 25.1. The molecule has 4 aromatic rings. The van der Waals surface area contributed by atoms with E-state index in [4.69, 9.17) is 20.8 Å². The number of benzene rings is 3. The number of fused-ring (bicyclic) bond motifs is 1. The number of rotatable bonds is 8. The van der Waals surface area contributed by atoms with Gasteiger partial charge in [-0.25, -0.2) is 4.98 Å². The molecule has 6 heteroatoms. The van der Waals surface area contributed by atoms with Crippen LogP contribution in [0.25, 0.3) is 22.6 Å². The van der Waals surface area contributed by atoms with Gasteiger partial charge in [-0.05, 0) is 78.3 Å². The lowest BCUT2D eigenvalue weighted by atomic mass is 9.98. The average Bonchev–Trinajstić information content (AvgIpc) is 3.27. The van der Waals surface area contributed by atoms with Gasteiger partial charge in [0.1, 0.15) is 11.3 Å². The predicted molar refractivity (Wildman–Crippen MR) is 143 cm³/mol. The van der Waals surface area contributed by atoms with Gasteiger partial charge < -0.3 is 14.5 Å². The van der Waals surface area contributed by atoms with Crippen molar-refractivity contribution in [2.45, 2.75) is 52.9 Å². The van der Waals surface area contributed by atoms with Crippen molar-refractivity contribution in [3.8, 4) is 17.2 Å².